The topological polar surface area (TPSA) is 15.3 Å². The van der Waals surface area contributed by atoms with Crippen molar-refractivity contribution >= 4 is 0 Å². The van der Waals surface area contributed by atoms with Crippen LogP contribution in [0.25, 0.3) is 0 Å². The Morgan fingerprint density at radius 3 is 2.92 bits per heavy atom. The number of likely N-dealkylation sites (tertiary alicyclic amines) is 1. The standard InChI is InChI=1S/C9H15FN2/c10-9-5-11-3-7(9)4-12(6-9)8-1-2-8/h7-8,11H,1-6H2. The first-order chi connectivity index (χ1) is 5.78. The van der Waals surface area contributed by atoms with Crippen molar-refractivity contribution in [1.82, 2.24) is 10.2 Å². The van der Waals surface area contributed by atoms with Crippen LogP contribution in [0.2, 0.25) is 0 Å². The number of hydrogen-bond acceptors (Lipinski definition) is 2. The van der Waals surface area contributed by atoms with Crippen molar-refractivity contribution in [3.05, 3.63) is 0 Å². The van der Waals surface area contributed by atoms with Crippen LogP contribution in [0.15, 0.2) is 0 Å². The van der Waals surface area contributed by atoms with Crippen molar-refractivity contribution in [2.45, 2.75) is 24.6 Å². The molecule has 2 unspecified atom stereocenters. The largest absolute Gasteiger partial charge is 0.313 e. The fourth-order valence-corrected chi connectivity index (χ4v) is 2.60. The highest BCUT2D eigenvalue weighted by atomic mass is 19.1. The Bertz CT molecular complexity index is 205. The predicted molar refractivity (Wildman–Crippen MR) is 44.8 cm³/mol. The second kappa shape index (κ2) is 2.20. The zero-order valence-corrected chi connectivity index (χ0v) is 7.22. The summed E-state index contributed by atoms with van der Waals surface area (Å²) in [7, 11) is 0. The molecule has 0 radical (unpaired) electrons. The first kappa shape index (κ1) is 7.27. The number of fused-ring (bicyclic) bond motifs is 1. The van der Waals surface area contributed by atoms with Crippen LogP contribution in [0.4, 0.5) is 4.39 Å². The summed E-state index contributed by atoms with van der Waals surface area (Å²) in [6, 6.07) is 0.739. The van der Waals surface area contributed by atoms with Crippen LogP contribution in [-0.4, -0.2) is 42.8 Å². The Morgan fingerprint density at radius 2 is 2.25 bits per heavy atom. The van der Waals surface area contributed by atoms with Gasteiger partial charge in [-0.1, -0.05) is 0 Å². The van der Waals surface area contributed by atoms with Gasteiger partial charge in [-0.25, -0.2) is 4.39 Å². The highest BCUT2D eigenvalue weighted by molar-refractivity contribution is 5.07. The van der Waals surface area contributed by atoms with Gasteiger partial charge < -0.3 is 5.32 Å². The molecule has 3 heteroatoms. The van der Waals surface area contributed by atoms with Gasteiger partial charge in [-0.2, -0.15) is 0 Å². The lowest BCUT2D eigenvalue weighted by Gasteiger charge is -2.18. The first-order valence-corrected chi connectivity index (χ1v) is 4.92. The number of halogens is 1. The van der Waals surface area contributed by atoms with Crippen molar-refractivity contribution in [2.75, 3.05) is 26.2 Å². The van der Waals surface area contributed by atoms with Crippen molar-refractivity contribution in [2.24, 2.45) is 5.92 Å². The van der Waals surface area contributed by atoms with Gasteiger partial charge >= 0.3 is 0 Å². The van der Waals surface area contributed by atoms with Gasteiger partial charge in [0.25, 0.3) is 0 Å². The van der Waals surface area contributed by atoms with E-state index >= 15 is 0 Å². The third-order valence-electron chi connectivity index (χ3n) is 3.53. The second-order valence-electron chi connectivity index (χ2n) is 4.52. The minimum Gasteiger partial charge on any atom is -0.313 e. The number of hydrogen-bond donors (Lipinski definition) is 1. The molecule has 1 N–H and O–H groups in total. The summed E-state index contributed by atoms with van der Waals surface area (Å²) in [5.41, 5.74) is -0.886. The first-order valence-electron chi connectivity index (χ1n) is 4.92. The fraction of sp³-hybridized carbons (Fsp3) is 1.00. The van der Waals surface area contributed by atoms with Crippen LogP contribution in [0.5, 0.6) is 0 Å². The van der Waals surface area contributed by atoms with E-state index in [-0.39, 0.29) is 5.92 Å². The minimum absolute atomic E-state index is 0.276. The zero-order chi connectivity index (χ0) is 8.18. The Hall–Kier alpha value is -0.150. The molecule has 2 aliphatic heterocycles. The lowest BCUT2D eigenvalue weighted by atomic mass is 9.97. The minimum atomic E-state index is -0.886. The summed E-state index contributed by atoms with van der Waals surface area (Å²) in [5.74, 6) is 0.276. The van der Waals surface area contributed by atoms with Gasteiger partial charge in [0.2, 0.25) is 0 Å². The highest BCUT2D eigenvalue weighted by Gasteiger charge is 2.52. The highest BCUT2D eigenvalue weighted by Crippen LogP contribution is 2.39. The maximum absolute atomic E-state index is 14.0. The quantitative estimate of drug-likeness (QED) is 0.612. The molecule has 3 aliphatic rings. The molecule has 2 heterocycles. The molecule has 0 aromatic carbocycles. The third-order valence-corrected chi connectivity index (χ3v) is 3.53. The number of nitrogens with zero attached hydrogens (tertiary/aromatic N) is 1. The average Bonchev–Trinajstić information content (AvgIpc) is 2.71. The average molecular weight is 170 g/mol. The molecule has 0 aromatic rings. The van der Waals surface area contributed by atoms with Gasteiger partial charge in [-0.3, -0.25) is 4.90 Å². The van der Waals surface area contributed by atoms with E-state index < -0.39 is 5.67 Å². The number of nitrogens with one attached hydrogen (secondary N) is 1. The van der Waals surface area contributed by atoms with E-state index in [0.29, 0.717) is 13.1 Å². The molecule has 0 bridgehead atoms. The van der Waals surface area contributed by atoms with E-state index in [9.17, 15) is 4.39 Å². The van der Waals surface area contributed by atoms with Crippen LogP contribution < -0.4 is 5.32 Å². The third kappa shape index (κ3) is 0.927. The van der Waals surface area contributed by atoms with Gasteiger partial charge in [0, 0.05) is 38.1 Å². The van der Waals surface area contributed by atoms with Crippen LogP contribution in [0.1, 0.15) is 12.8 Å². The van der Waals surface area contributed by atoms with Crippen molar-refractivity contribution < 1.29 is 4.39 Å². The molecule has 2 atom stereocenters. The lowest BCUT2D eigenvalue weighted by Crippen LogP contribution is -2.35. The van der Waals surface area contributed by atoms with E-state index in [1.54, 1.807) is 0 Å². The lowest BCUT2D eigenvalue weighted by molar-refractivity contribution is 0.160. The molecular weight excluding hydrogens is 155 g/mol. The van der Waals surface area contributed by atoms with Crippen molar-refractivity contribution in [1.29, 1.82) is 0 Å². The Balaban J connectivity index is 1.75. The van der Waals surface area contributed by atoms with Gasteiger partial charge in [-0.05, 0) is 12.8 Å². The zero-order valence-electron chi connectivity index (χ0n) is 7.22. The van der Waals surface area contributed by atoms with Crippen LogP contribution in [0, 0.1) is 5.92 Å². The van der Waals surface area contributed by atoms with Crippen LogP contribution >= 0.6 is 0 Å². The summed E-state index contributed by atoms with van der Waals surface area (Å²) in [4.78, 5) is 2.35. The molecule has 2 nitrogen and oxygen atoms in total. The molecule has 1 aliphatic carbocycles. The molecule has 12 heavy (non-hydrogen) atoms. The molecule has 68 valence electrons. The second-order valence-corrected chi connectivity index (χ2v) is 4.52. The Morgan fingerprint density at radius 1 is 1.42 bits per heavy atom. The number of alkyl halides is 1. The summed E-state index contributed by atoms with van der Waals surface area (Å²) >= 11 is 0. The van der Waals surface area contributed by atoms with Gasteiger partial charge in [0.05, 0.1) is 0 Å². The molecule has 2 saturated heterocycles. The molecule has 0 amide bonds. The van der Waals surface area contributed by atoms with E-state index in [1.807, 2.05) is 0 Å². The van der Waals surface area contributed by atoms with E-state index in [2.05, 4.69) is 10.2 Å². The molecule has 0 aromatic heterocycles. The smallest absolute Gasteiger partial charge is 0.141 e. The molecular formula is C9H15FN2. The van der Waals surface area contributed by atoms with E-state index in [1.165, 1.54) is 12.8 Å². The summed E-state index contributed by atoms with van der Waals surface area (Å²) in [6.07, 6.45) is 2.60. The SMILES string of the molecule is FC12CNCC1CN(C1CC1)C2. The molecule has 3 rings (SSSR count). The van der Waals surface area contributed by atoms with Gasteiger partial charge in [-0.15, -0.1) is 0 Å². The monoisotopic (exact) mass is 170 g/mol. The Labute approximate surface area is 72.1 Å². The van der Waals surface area contributed by atoms with Crippen molar-refractivity contribution in [3.63, 3.8) is 0 Å². The van der Waals surface area contributed by atoms with Gasteiger partial charge in [0.15, 0.2) is 0 Å². The summed E-state index contributed by atoms with van der Waals surface area (Å²) in [6.45, 7) is 3.16. The number of rotatable bonds is 1. The van der Waals surface area contributed by atoms with Crippen molar-refractivity contribution in [3.8, 4) is 0 Å². The summed E-state index contributed by atoms with van der Waals surface area (Å²) < 4.78 is 14.0. The maximum atomic E-state index is 14.0. The Kier molecular flexibility index (Phi) is 1.34. The van der Waals surface area contributed by atoms with Crippen LogP contribution in [-0.2, 0) is 0 Å². The maximum Gasteiger partial charge on any atom is 0.141 e. The van der Waals surface area contributed by atoms with E-state index in [0.717, 1.165) is 19.1 Å². The van der Waals surface area contributed by atoms with Gasteiger partial charge in [0.1, 0.15) is 5.67 Å². The summed E-state index contributed by atoms with van der Waals surface area (Å²) in [5, 5.41) is 3.14. The van der Waals surface area contributed by atoms with E-state index in [4.69, 9.17) is 0 Å². The predicted octanol–water partition coefficient (Wildman–Crippen LogP) is 0.392. The molecule has 3 fully saturated rings. The normalized spacial score (nSPS) is 48.2. The molecule has 0 spiro atoms. The molecule has 1 saturated carbocycles. The van der Waals surface area contributed by atoms with Crippen LogP contribution in [0.3, 0.4) is 0 Å². The fourth-order valence-electron chi connectivity index (χ4n) is 2.60.